The third-order valence-corrected chi connectivity index (χ3v) is 3.77. The Morgan fingerprint density at radius 1 is 1.38 bits per heavy atom. The summed E-state index contributed by atoms with van der Waals surface area (Å²) in [5.41, 5.74) is 0.278. The predicted molar refractivity (Wildman–Crippen MR) is 80.5 cm³/mol. The molecule has 1 aromatic carbocycles. The highest BCUT2D eigenvalue weighted by molar-refractivity contribution is 5.93. The molecule has 0 spiro atoms. The lowest BCUT2D eigenvalue weighted by molar-refractivity contribution is 0.0584. The second kappa shape index (κ2) is 5.69. The van der Waals surface area contributed by atoms with Crippen molar-refractivity contribution >= 4 is 16.9 Å². The lowest BCUT2D eigenvalue weighted by Crippen LogP contribution is -2.59. The second-order valence-corrected chi connectivity index (χ2v) is 5.28. The van der Waals surface area contributed by atoms with E-state index in [0.717, 1.165) is 19.5 Å². The lowest BCUT2D eigenvalue weighted by atomic mass is 10.1. The van der Waals surface area contributed by atoms with E-state index in [1.54, 1.807) is 29.2 Å². The number of benzene rings is 1. The summed E-state index contributed by atoms with van der Waals surface area (Å²) in [6.07, 6.45) is 0.875. The van der Waals surface area contributed by atoms with Gasteiger partial charge in [-0.2, -0.15) is 0 Å². The van der Waals surface area contributed by atoms with E-state index >= 15 is 0 Å². The van der Waals surface area contributed by atoms with Gasteiger partial charge in [-0.1, -0.05) is 19.1 Å². The lowest BCUT2D eigenvalue weighted by Gasteiger charge is -2.37. The molecule has 110 valence electrons. The van der Waals surface area contributed by atoms with Crippen LogP contribution >= 0.6 is 0 Å². The first-order valence-electron chi connectivity index (χ1n) is 7.25. The Bertz CT molecular complexity index is 719. The van der Waals surface area contributed by atoms with Crippen LogP contribution in [0, 0.1) is 0 Å². The minimum Gasteiger partial charge on any atom is -0.451 e. The number of carbonyl (C=O) groups is 1. The van der Waals surface area contributed by atoms with Gasteiger partial charge in [0.1, 0.15) is 5.58 Å². The van der Waals surface area contributed by atoms with Crippen LogP contribution in [-0.2, 0) is 0 Å². The number of amides is 1. The Morgan fingerprint density at radius 2 is 2.14 bits per heavy atom. The van der Waals surface area contributed by atoms with Crippen molar-refractivity contribution in [1.29, 1.82) is 0 Å². The van der Waals surface area contributed by atoms with Gasteiger partial charge < -0.3 is 14.6 Å². The molecule has 1 amide bonds. The SMILES string of the molecule is CCCN(C(=O)c1cc(=O)c2ccccc2o1)C1CNC1. The molecule has 5 heteroatoms. The van der Waals surface area contributed by atoms with Gasteiger partial charge in [-0.3, -0.25) is 9.59 Å². The van der Waals surface area contributed by atoms with Gasteiger partial charge in [-0.25, -0.2) is 0 Å². The van der Waals surface area contributed by atoms with Gasteiger partial charge in [-0.15, -0.1) is 0 Å². The van der Waals surface area contributed by atoms with Crippen LogP contribution in [0.15, 0.2) is 39.5 Å². The molecule has 1 saturated heterocycles. The molecule has 1 aliphatic heterocycles. The first kappa shape index (κ1) is 13.8. The van der Waals surface area contributed by atoms with Gasteiger partial charge in [0.2, 0.25) is 0 Å². The summed E-state index contributed by atoms with van der Waals surface area (Å²) in [4.78, 5) is 26.5. The quantitative estimate of drug-likeness (QED) is 0.927. The van der Waals surface area contributed by atoms with E-state index in [1.165, 1.54) is 6.07 Å². The Morgan fingerprint density at radius 3 is 2.81 bits per heavy atom. The molecule has 2 aromatic rings. The second-order valence-electron chi connectivity index (χ2n) is 5.28. The highest BCUT2D eigenvalue weighted by Crippen LogP contribution is 2.16. The maximum Gasteiger partial charge on any atom is 0.290 e. The van der Waals surface area contributed by atoms with E-state index in [2.05, 4.69) is 5.32 Å². The average Bonchev–Trinajstić information content (AvgIpc) is 2.44. The van der Waals surface area contributed by atoms with E-state index in [0.29, 0.717) is 17.5 Å². The summed E-state index contributed by atoms with van der Waals surface area (Å²) >= 11 is 0. The normalized spacial score (nSPS) is 14.9. The van der Waals surface area contributed by atoms with Crippen LogP contribution in [0.1, 0.15) is 23.9 Å². The van der Waals surface area contributed by atoms with Crippen molar-refractivity contribution in [2.24, 2.45) is 0 Å². The Labute approximate surface area is 122 Å². The summed E-state index contributed by atoms with van der Waals surface area (Å²) < 4.78 is 5.64. The van der Waals surface area contributed by atoms with Gasteiger partial charge in [0.25, 0.3) is 5.91 Å². The number of nitrogens with zero attached hydrogens (tertiary/aromatic N) is 1. The summed E-state index contributed by atoms with van der Waals surface area (Å²) in [7, 11) is 0. The standard InChI is InChI=1S/C16H18N2O3/c1-2-7-18(11-9-17-10-11)16(20)15-8-13(19)12-5-3-4-6-14(12)21-15/h3-6,8,11,17H,2,7,9-10H2,1H3. The smallest absolute Gasteiger partial charge is 0.290 e. The average molecular weight is 286 g/mol. The zero-order chi connectivity index (χ0) is 14.8. The van der Waals surface area contributed by atoms with Crippen molar-refractivity contribution in [2.75, 3.05) is 19.6 Å². The van der Waals surface area contributed by atoms with Crippen LogP contribution in [0.25, 0.3) is 11.0 Å². The summed E-state index contributed by atoms with van der Waals surface area (Å²) in [6, 6.07) is 8.48. The first-order valence-corrected chi connectivity index (χ1v) is 7.25. The van der Waals surface area contributed by atoms with E-state index in [9.17, 15) is 9.59 Å². The third-order valence-electron chi connectivity index (χ3n) is 3.77. The molecule has 1 aliphatic rings. The minimum atomic E-state index is -0.203. The number of para-hydroxylation sites is 1. The van der Waals surface area contributed by atoms with Crippen molar-refractivity contribution in [3.05, 3.63) is 46.3 Å². The third kappa shape index (κ3) is 2.56. The first-order chi connectivity index (χ1) is 10.2. The predicted octanol–water partition coefficient (Wildman–Crippen LogP) is 1.62. The van der Waals surface area contributed by atoms with Gasteiger partial charge in [0.15, 0.2) is 11.2 Å². The van der Waals surface area contributed by atoms with Crippen LogP contribution in [0.5, 0.6) is 0 Å². The van der Waals surface area contributed by atoms with E-state index < -0.39 is 0 Å². The molecule has 0 saturated carbocycles. The highest BCUT2D eigenvalue weighted by Gasteiger charge is 2.30. The van der Waals surface area contributed by atoms with Gasteiger partial charge in [0, 0.05) is 25.7 Å². The molecule has 1 fully saturated rings. The van der Waals surface area contributed by atoms with Crippen LogP contribution < -0.4 is 10.7 Å². The highest BCUT2D eigenvalue weighted by atomic mass is 16.3. The Kier molecular flexibility index (Phi) is 3.75. The molecule has 0 aliphatic carbocycles. The number of hydrogen-bond acceptors (Lipinski definition) is 4. The van der Waals surface area contributed by atoms with Crippen LogP contribution in [-0.4, -0.2) is 36.5 Å². The molecule has 5 nitrogen and oxygen atoms in total. The molecule has 0 radical (unpaired) electrons. The van der Waals surface area contributed by atoms with E-state index in [1.807, 2.05) is 6.92 Å². The molecule has 21 heavy (non-hydrogen) atoms. The van der Waals surface area contributed by atoms with Crippen molar-refractivity contribution in [3.63, 3.8) is 0 Å². The Balaban J connectivity index is 1.98. The zero-order valence-corrected chi connectivity index (χ0v) is 12.0. The largest absolute Gasteiger partial charge is 0.451 e. The summed E-state index contributed by atoms with van der Waals surface area (Å²) in [5, 5.41) is 3.66. The molecular formula is C16H18N2O3. The van der Waals surface area contributed by atoms with Crippen molar-refractivity contribution in [2.45, 2.75) is 19.4 Å². The van der Waals surface area contributed by atoms with E-state index in [-0.39, 0.29) is 23.1 Å². The van der Waals surface area contributed by atoms with Gasteiger partial charge in [0.05, 0.1) is 11.4 Å². The number of carbonyl (C=O) groups excluding carboxylic acids is 1. The van der Waals surface area contributed by atoms with Crippen molar-refractivity contribution in [3.8, 4) is 0 Å². The maximum atomic E-state index is 12.6. The number of fused-ring (bicyclic) bond motifs is 1. The number of hydrogen-bond donors (Lipinski definition) is 1. The van der Waals surface area contributed by atoms with Crippen LogP contribution in [0.4, 0.5) is 0 Å². The summed E-state index contributed by atoms with van der Waals surface area (Å²) in [5.74, 6) is -0.0785. The van der Waals surface area contributed by atoms with Gasteiger partial charge >= 0.3 is 0 Å². The number of nitrogens with one attached hydrogen (secondary N) is 1. The molecule has 0 bridgehead atoms. The molecule has 0 atom stereocenters. The monoisotopic (exact) mass is 286 g/mol. The van der Waals surface area contributed by atoms with Crippen LogP contribution in [0.3, 0.4) is 0 Å². The summed E-state index contributed by atoms with van der Waals surface area (Å²) in [6.45, 7) is 4.29. The fourth-order valence-corrected chi connectivity index (χ4v) is 2.54. The van der Waals surface area contributed by atoms with E-state index in [4.69, 9.17) is 4.42 Å². The van der Waals surface area contributed by atoms with Crippen LogP contribution in [0.2, 0.25) is 0 Å². The van der Waals surface area contributed by atoms with Crippen molar-refractivity contribution in [1.82, 2.24) is 10.2 Å². The Hall–Kier alpha value is -2.14. The minimum absolute atomic E-state index is 0.124. The fourth-order valence-electron chi connectivity index (χ4n) is 2.54. The maximum absolute atomic E-state index is 12.6. The fraction of sp³-hybridized carbons (Fsp3) is 0.375. The molecule has 3 rings (SSSR count). The molecule has 1 aromatic heterocycles. The molecule has 2 heterocycles. The topological polar surface area (TPSA) is 62.6 Å². The molecule has 1 N–H and O–H groups in total. The number of rotatable bonds is 4. The van der Waals surface area contributed by atoms with Gasteiger partial charge in [-0.05, 0) is 18.6 Å². The molecular weight excluding hydrogens is 268 g/mol. The molecule has 0 unspecified atom stereocenters. The zero-order valence-electron chi connectivity index (χ0n) is 12.0. The van der Waals surface area contributed by atoms with Crippen molar-refractivity contribution < 1.29 is 9.21 Å².